The Morgan fingerprint density at radius 1 is 0.821 bits per heavy atom. The number of nitrogens with one attached hydrogen (secondary N) is 2. The zero-order valence-corrected chi connectivity index (χ0v) is 22.8. The fraction of sp³-hybridized carbons (Fsp3) is 0.310. The molecule has 39 heavy (non-hydrogen) atoms. The Kier molecular flexibility index (Phi) is 8.88. The van der Waals surface area contributed by atoms with Crippen molar-refractivity contribution in [2.24, 2.45) is 17.0 Å². The molecule has 0 aliphatic heterocycles. The number of nitrogens with two attached hydrogens (primary N) is 1. The predicted molar refractivity (Wildman–Crippen MR) is 147 cm³/mol. The molecule has 0 unspecified atom stereocenters. The molecule has 2 atom stereocenters. The molecule has 0 saturated heterocycles. The average Bonchev–Trinajstić information content (AvgIpc) is 3.44. The van der Waals surface area contributed by atoms with Gasteiger partial charge >= 0.3 is 0 Å². The summed E-state index contributed by atoms with van der Waals surface area (Å²) in [5.74, 6) is 0.184. The van der Waals surface area contributed by atoms with Crippen molar-refractivity contribution in [3.63, 3.8) is 0 Å². The summed E-state index contributed by atoms with van der Waals surface area (Å²) in [6.45, 7) is 0.600. The molecule has 2 amide bonds. The van der Waals surface area contributed by atoms with E-state index in [0.29, 0.717) is 48.6 Å². The largest absolute Gasteiger partial charge is 0.497 e. The van der Waals surface area contributed by atoms with Gasteiger partial charge in [-0.1, -0.05) is 48.9 Å². The van der Waals surface area contributed by atoms with E-state index in [1.807, 2.05) is 24.3 Å². The van der Waals surface area contributed by atoms with Gasteiger partial charge in [0.1, 0.15) is 11.5 Å². The summed E-state index contributed by atoms with van der Waals surface area (Å²) in [7, 11) is -0.722. The molecule has 0 radical (unpaired) electrons. The maximum Gasteiger partial charge on any atom is 0.238 e. The summed E-state index contributed by atoms with van der Waals surface area (Å²) >= 11 is 0. The summed E-state index contributed by atoms with van der Waals surface area (Å²) < 4.78 is 34.4. The van der Waals surface area contributed by atoms with Gasteiger partial charge in [0, 0.05) is 36.6 Å². The molecule has 10 heteroatoms. The Morgan fingerprint density at radius 2 is 1.36 bits per heavy atom. The zero-order chi connectivity index (χ0) is 28.0. The Labute approximate surface area is 228 Å². The van der Waals surface area contributed by atoms with Crippen LogP contribution in [0.2, 0.25) is 0 Å². The molecule has 0 aromatic heterocycles. The van der Waals surface area contributed by atoms with Crippen LogP contribution in [0.25, 0.3) is 11.1 Å². The van der Waals surface area contributed by atoms with Crippen LogP contribution in [0.4, 0.5) is 0 Å². The first-order valence-corrected chi connectivity index (χ1v) is 14.2. The maximum atomic E-state index is 13.0. The highest BCUT2D eigenvalue weighted by Gasteiger charge is 2.37. The summed E-state index contributed by atoms with van der Waals surface area (Å²) in [6, 6.07) is 19.2. The molecule has 4 N–H and O–H groups in total. The second kappa shape index (κ2) is 12.3. The Bertz CT molecular complexity index is 1420. The van der Waals surface area contributed by atoms with E-state index < -0.39 is 21.9 Å². The SMILES string of the molecule is COc1cc(CNC(=O)[C@@H]2CCC[C@H]2C(=O)NCc2ccc(-c3ccccc3S(N)(=O)=O)cc2)cc(OC)c1. The minimum absolute atomic E-state index is 0.0575. The normalized spacial score (nSPS) is 16.9. The van der Waals surface area contributed by atoms with Crippen LogP contribution in [0.15, 0.2) is 71.6 Å². The van der Waals surface area contributed by atoms with E-state index >= 15 is 0 Å². The summed E-state index contributed by atoms with van der Waals surface area (Å²) in [5, 5.41) is 11.3. The van der Waals surface area contributed by atoms with Gasteiger partial charge in [0.05, 0.1) is 19.1 Å². The molecule has 1 aliphatic carbocycles. The van der Waals surface area contributed by atoms with Gasteiger partial charge in [-0.15, -0.1) is 0 Å². The molecular weight excluding hydrogens is 518 g/mol. The number of sulfonamides is 1. The first kappa shape index (κ1) is 28.1. The fourth-order valence-corrected chi connectivity index (χ4v) is 5.71. The van der Waals surface area contributed by atoms with E-state index in [9.17, 15) is 18.0 Å². The van der Waals surface area contributed by atoms with Gasteiger partial charge in [-0.05, 0) is 47.7 Å². The third kappa shape index (κ3) is 6.96. The molecule has 0 spiro atoms. The highest BCUT2D eigenvalue weighted by molar-refractivity contribution is 7.89. The number of methoxy groups -OCH3 is 2. The lowest BCUT2D eigenvalue weighted by Crippen LogP contribution is -2.39. The van der Waals surface area contributed by atoms with Crippen molar-refractivity contribution in [2.75, 3.05) is 14.2 Å². The van der Waals surface area contributed by atoms with Gasteiger partial charge in [0.25, 0.3) is 0 Å². The molecule has 1 fully saturated rings. The highest BCUT2D eigenvalue weighted by atomic mass is 32.2. The van der Waals surface area contributed by atoms with Gasteiger partial charge in [0.2, 0.25) is 21.8 Å². The van der Waals surface area contributed by atoms with E-state index in [-0.39, 0.29) is 16.7 Å². The molecule has 9 nitrogen and oxygen atoms in total. The van der Waals surface area contributed by atoms with Crippen LogP contribution >= 0.6 is 0 Å². The van der Waals surface area contributed by atoms with Crippen molar-refractivity contribution < 1.29 is 27.5 Å². The second-order valence-corrected chi connectivity index (χ2v) is 11.1. The first-order chi connectivity index (χ1) is 18.7. The maximum absolute atomic E-state index is 13.0. The molecule has 3 aromatic rings. The summed E-state index contributed by atoms with van der Waals surface area (Å²) in [6.07, 6.45) is 2.12. The van der Waals surface area contributed by atoms with Crippen LogP contribution in [0, 0.1) is 11.8 Å². The van der Waals surface area contributed by atoms with Crippen LogP contribution in [0.3, 0.4) is 0 Å². The Balaban J connectivity index is 1.34. The van der Waals surface area contributed by atoms with E-state index in [0.717, 1.165) is 17.5 Å². The van der Waals surface area contributed by atoms with E-state index in [1.54, 1.807) is 50.6 Å². The van der Waals surface area contributed by atoms with Gasteiger partial charge < -0.3 is 20.1 Å². The lowest BCUT2D eigenvalue weighted by atomic mass is 9.94. The zero-order valence-electron chi connectivity index (χ0n) is 22.0. The van der Waals surface area contributed by atoms with Gasteiger partial charge in [0.15, 0.2) is 0 Å². The molecule has 4 rings (SSSR count). The molecule has 206 valence electrons. The van der Waals surface area contributed by atoms with Crippen molar-refractivity contribution in [1.29, 1.82) is 0 Å². The molecular formula is C29H33N3O6S. The van der Waals surface area contributed by atoms with Gasteiger partial charge in [-0.3, -0.25) is 9.59 Å². The van der Waals surface area contributed by atoms with Gasteiger partial charge in [-0.25, -0.2) is 13.6 Å². The number of carbonyl (C=O) groups excluding carboxylic acids is 2. The fourth-order valence-electron chi connectivity index (χ4n) is 4.95. The molecule has 1 saturated carbocycles. The number of carbonyl (C=O) groups is 2. The van der Waals surface area contributed by atoms with Crippen LogP contribution in [-0.2, 0) is 32.7 Å². The first-order valence-electron chi connectivity index (χ1n) is 12.7. The van der Waals surface area contributed by atoms with Crippen molar-refractivity contribution in [1.82, 2.24) is 10.6 Å². The quantitative estimate of drug-likeness (QED) is 0.353. The third-order valence-corrected chi connectivity index (χ3v) is 7.96. The topological polar surface area (TPSA) is 137 Å². The van der Waals surface area contributed by atoms with Crippen molar-refractivity contribution >= 4 is 21.8 Å². The molecule has 0 bridgehead atoms. The lowest BCUT2D eigenvalue weighted by molar-refractivity contribution is -0.133. The number of ether oxygens (including phenoxy) is 2. The Hall–Kier alpha value is -3.89. The summed E-state index contributed by atoms with van der Waals surface area (Å²) in [4.78, 5) is 26.1. The standard InChI is InChI=1S/C29H33N3O6S/c1-37-22-14-20(15-23(16-22)38-2)18-32-29(34)26-8-5-7-25(26)28(33)31-17-19-10-12-21(13-11-19)24-6-3-4-9-27(24)39(30,35)36/h3-4,6,9-16,25-26H,5,7-8,17-18H2,1-2H3,(H,31,33)(H,32,34)(H2,30,35,36)/t25-,26-/m1/s1. The number of amides is 2. The Morgan fingerprint density at radius 3 is 1.90 bits per heavy atom. The second-order valence-electron chi connectivity index (χ2n) is 9.54. The number of rotatable bonds is 10. The number of primary sulfonamides is 1. The average molecular weight is 552 g/mol. The molecule has 3 aromatic carbocycles. The molecule has 0 heterocycles. The smallest absolute Gasteiger partial charge is 0.238 e. The van der Waals surface area contributed by atoms with E-state index in [4.69, 9.17) is 14.6 Å². The van der Waals surface area contributed by atoms with Crippen LogP contribution in [-0.4, -0.2) is 34.5 Å². The molecule has 1 aliphatic rings. The number of hydrogen-bond donors (Lipinski definition) is 3. The van der Waals surface area contributed by atoms with E-state index in [1.165, 1.54) is 6.07 Å². The minimum Gasteiger partial charge on any atom is -0.497 e. The van der Waals surface area contributed by atoms with Crippen LogP contribution in [0.5, 0.6) is 11.5 Å². The predicted octanol–water partition coefficient (Wildman–Crippen LogP) is 3.37. The number of hydrogen-bond acceptors (Lipinski definition) is 6. The van der Waals surface area contributed by atoms with Crippen molar-refractivity contribution in [3.8, 4) is 22.6 Å². The lowest BCUT2D eigenvalue weighted by Gasteiger charge is -2.19. The third-order valence-electron chi connectivity index (χ3n) is 6.99. The monoisotopic (exact) mass is 551 g/mol. The summed E-state index contributed by atoms with van der Waals surface area (Å²) in [5.41, 5.74) is 2.92. The number of benzene rings is 3. The van der Waals surface area contributed by atoms with Crippen molar-refractivity contribution in [3.05, 3.63) is 77.9 Å². The van der Waals surface area contributed by atoms with Crippen molar-refractivity contribution in [2.45, 2.75) is 37.2 Å². The van der Waals surface area contributed by atoms with Crippen LogP contribution < -0.4 is 25.2 Å². The van der Waals surface area contributed by atoms with Gasteiger partial charge in [-0.2, -0.15) is 0 Å². The van der Waals surface area contributed by atoms with E-state index in [2.05, 4.69) is 10.6 Å². The van der Waals surface area contributed by atoms with Crippen LogP contribution in [0.1, 0.15) is 30.4 Å². The highest BCUT2D eigenvalue weighted by Crippen LogP contribution is 2.33. The minimum atomic E-state index is -3.86.